The number of aliphatic imine (C=N–C) groups is 1. The van der Waals surface area contributed by atoms with Crippen molar-refractivity contribution in [1.82, 2.24) is 24.6 Å². The second-order valence-electron chi connectivity index (χ2n) is 8.86. The van der Waals surface area contributed by atoms with Crippen molar-refractivity contribution in [3.8, 4) is 17.5 Å². The number of fused-ring (bicyclic) bond motifs is 1. The number of oxazole rings is 1. The lowest BCUT2D eigenvalue weighted by atomic mass is 10.0. The van der Waals surface area contributed by atoms with Gasteiger partial charge in [-0.3, -0.25) is 14.2 Å². The van der Waals surface area contributed by atoms with Gasteiger partial charge >= 0.3 is 0 Å². The normalized spacial score (nSPS) is 11.8. The van der Waals surface area contributed by atoms with Crippen LogP contribution in [0.4, 0.5) is 11.6 Å². The van der Waals surface area contributed by atoms with Crippen molar-refractivity contribution in [2.24, 2.45) is 12.0 Å². The highest BCUT2D eigenvalue weighted by atomic mass is 16.3. The van der Waals surface area contributed by atoms with E-state index >= 15 is 0 Å². The zero-order valence-electron chi connectivity index (χ0n) is 21.8. The Kier molecular flexibility index (Phi) is 7.11. The zero-order chi connectivity index (χ0) is 28.2. The molecule has 5 rings (SSSR count). The summed E-state index contributed by atoms with van der Waals surface area (Å²) in [5.41, 5.74) is 8.13. The molecule has 0 radical (unpaired) electrons. The van der Waals surface area contributed by atoms with Crippen molar-refractivity contribution in [3.63, 3.8) is 0 Å². The third kappa shape index (κ3) is 4.91. The van der Waals surface area contributed by atoms with Gasteiger partial charge in [0, 0.05) is 30.2 Å². The fraction of sp³-hybridized carbons (Fsp3) is 0.100. The van der Waals surface area contributed by atoms with Gasteiger partial charge in [-0.1, -0.05) is 48.9 Å². The molecular formula is C30H25N7O3. The number of nitrogens with two attached hydrogens (primary N) is 1. The summed E-state index contributed by atoms with van der Waals surface area (Å²) in [6.07, 6.45) is 5.68. The lowest BCUT2D eigenvalue weighted by molar-refractivity contribution is 0.0940. The molecule has 40 heavy (non-hydrogen) atoms. The average Bonchev–Trinajstić information content (AvgIpc) is 3.57. The van der Waals surface area contributed by atoms with Crippen LogP contribution in [0.3, 0.4) is 0 Å². The highest BCUT2D eigenvalue weighted by Gasteiger charge is 2.24. The molecule has 1 atom stereocenters. The van der Waals surface area contributed by atoms with E-state index in [0.29, 0.717) is 33.4 Å². The number of nitrogens with zero attached hydrogens (tertiary/aromatic N) is 5. The van der Waals surface area contributed by atoms with Gasteiger partial charge in [-0.25, -0.2) is 14.7 Å². The fourth-order valence-electron chi connectivity index (χ4n) is 4.42. The minimum Gasteiger partial charge on any atom is -0.450 e. The monoisotopic (exact) mass is 531 g/mol. The van der Waals surface area contributed by atoms with Crippen molar-refractivity contribution in [3.05, 3.63) is 113 Å². The van der Waals surface area contributed by atoms with Crippen LogP contribution in [0.1, 0.15) is 40.3 Å². The largest absolute Gasteiger partial charge is 0.450 e. The molecular weight excluding hydrogens is 506 g/mol. The van der Waals surface area contributed by atoms with E-state index in [4.69, 9.17) is 10.2 Å². The second-order valence-corrected chi connectivity index (χ2v) is 8.86. The molecule has 0 saturated carbocycles. The highest BCUT2D eigenvalue weighted by molar-refractivity contribution is 6.03. The number of hydrogen-bond donors (Lipinski definition) is 2. The number of rotatable bonds is 6. The molecule has 1 unspecified atom stereocenters. The molecule has 0 aliphatic carbocycles. The maximum atomic E-state index is 14.1. The van der Waals surface area contributed by atoms with Crippen LogP contribution in [0, 0.1) is 11.8 Å². The molecule has 10 nitrogen and oxygen atoms in total. The second kappa shape index (κ2) is 11.0. The van der Waals surface area contributed by atoms with E-state index in [2.05, 4.69) is 38.8 Å². The number of hydrogen-bond acceptors (Lipinski definition) is 7. The van der Waals surface area contributed by atoms with E-state index in [9.17, 15) is 9.59 Å². The molecule has 10 heteroatoms. The maximum absolute atomic E-state index is 14.1. The van der Waals surface area contributed by atoms with Crippen LogP contribution >= 0.6 is 0 Å². The zero-order valence-corrected chi connectivity index (χ0v) is 21.8. The van der Waals surface area contributed by atoms with E-state index < -0.39 is 11.9 Å². The molecule has 0 fully saturated rings. The highest BCUT2D eigenvalue weighted by Crippen LogP contribution is 2.27. The van der Waals surface area contributed by atoms with Crippen LogP contribution in [-0.2, 0) is 7.05 Å². The number of pyridine rings is 1. The Balaban J connectivity index is 1.63. The summed E-state index contributed by atoms with van der Waals surface area (Å²) in [5, 5.41) is 8.23. The van der Waals surface area contributed by atoms with Gasteiger partial charge in [0.05, 0.1) is 11.4 Å². The van der Waals surface area contributed by atoms with Gasteiger partial charge in [0.15, 0.2) is 23.7 Å². The third-order valence-electron chi connectivity index (χ3n) is 6.21. The Morgan fingerprint density at radius 3 is 2.73 bits per heavy atom. The van der Waals surface area contributed by atoms with Crippen molar-refractivity contribution in [1.29, 1.82) is 0 Å². The molecule has 0 spiro atoms. The number of nitrogen functional groups attached to an aromatic ring is 1. The Bertz CT molecular complexity index is 1870. The molecule has 198 valence electrons. The molecule has 0 bridgehead atoms. The van der Waals surface area contributed by atoms with Crippen LogP contribution in [0.5, 0.6) is 0 Å². The van der Waals surface area contributed by atoms with Gasteiger partial charge in [0.1, 0.15) is 11.8 Å². The number of anilines is 1. The number of carbonyl (C=O) groups is 1. The summed E-state index contributed by atoms with van der Waals surface area (Å²) >= 11 is 0. The first-order chi connectivity index (χ1) is 19.4. The number of para-hydroxylation sites is 1. The van der Waals surface area contributed by atoms with Crippen LogP contribution in [-0.4, -0.2) is 31.5 Å². The van der Waals surface area contributed by atoms with Crippen molar-refractivity contribution < 1.29 is 9.21 Å². The summed E-state index contributed by atoms with van der Waals surface area (Å²) in [5.74, 6) is 5.83. The summed E-state index contributed by atoms with van der Waals surface area (Å²) in [4.78, 5) is 35.8. The first kappa shape index (κ1) is 25.9. The Hall–Kier alpha value is -5.69. The SMILES string of the molecule is C=C/C=N\c1c(C(=O)NC(C)c2cc3cccc(C#Cc4cocn4)c3c(=O)n2-c2ccccc2)c(N)nn1C. The lowest BCUT2D eigenvalue weighted by Crippen LogP contribution is -2.32. The van der Waals surface area contributed by atoms with Gasteiger partial charge in [-0.05, 0) is 42.5 Å². The predicted octanol–water partition coefficient (Wildman–Crippen LogP) is 4.07. The van der Waals surface area contributed by atoms with E-state index in [1.165, 1.54) is 29.6 Å². The van der Waals surface area contributed by atoms with E-state index in [-0.39, 0.29) is 22.8 Å². The van der Waals surface area contributed by atoms with E-state index in [0.717, 1.165) is 0 Å². The van der Waals surface area contributed by atoms with Gasteiger partial charge in [-0.2, -0.15) is 5.10 Å². The molecule has 0 aliphatic rings. The maximum Gasteiger partial charge on any atom is 0.264 e. The molecule has 2 aromatic carbocycles. The topological polar surface area (TPSA) is 133 Å². The van der Waals surface area contributed by atoms with Crippen molar-refractivity contribution >= 4 is 34.5 Å². The summed E-state index contributed by atoms with van der Waals surface area (Å²) in [6.45, 7) is 5.42. The number of nitrogens with one attached hydrogen (secondary N) is 1. The van der Waals surface area contributed by atoms with Gasteiger partial charge in [-0.15, -0.1) is 0 Å². The number of aromatic nitrogens is 4. The quantitative estimate of drug-likeness (QED) is 0.251. The van der Waals surface area contributed by atoms with E-state index in [1.54, 1.807) is 24.6 Å². The molecule has 3 aromatic heterocycles. The Morgan fingerprint density at radius 2 is 2.00 bits per heavy atom. The molecule has 3 N–H and O–H groups in total. The number of benzene rings is 2. The van der Waals surface area contributed by atoms with Gasteiger partial charge in [0.2, 0.25) is 0 Å². The minimum absolute atomic E-state index is 0.0395. The lowest BCUT2D eigenvalue weighted by Gasteiger charge is -2.21. The molecule has 0 saturated heterocycles. The van der Waals surface area contributed by atoms with Gasteiger partial charge in [0.25, 0.3) is 11.5 Å². The van der Waals surface area contributed by atoms with Crippen molar-refractivity contribution in [2.45, 2.75) is 13.0 Å². The number of aryl methyl sites for hydroxylation is 1. The molecule has 0 aliphatic heterocycles. The third-order valence-corrected chi connectivity index (χ3v) is 6.21. The standard InChI is InChI=1S/C30H25N7O3/c1-4-15-32-28-26(27(31)35-36(28)3)29(38)34-19(2)24-16-21-10-8-9-20(13-14-22-17-40-18-33-22)25(21)30(39)37(24)23-11-6-5-7-12-23/h4-12,15-19H,1H2,2-3H3,(H2,31,35)(H,34,38)/b32-15-. The smallest absolute Gasteiger partial charge is 0.264 e. The summed E-state index contributed by atoms with van der Waals surface area (Å²) in [6, 6.07) is 15.9. The van der Waals surface area contributed by atoms with Gasteiger partial charge < -0.3 is 15.5 Å². The molecule has 3 heterocycles. The number of amides is 1. The average molecular weight is 532 g/mol. The minimum atomic E-state index is -0.606. The summed E-state index contributed by atoms with van der Waals surface area (Å²) < 4.78 is 8.00. The molecule has 1 amide bonds. The van der Waals surface area contributed by atoms with Crippen LogP contribution in [0.25, 0.3) is 16.5 Å². The van der Waals surface area contributed by atoms with Crippen molar-refractivity contribution in [2.75, 3.05) is 5.73 Å². The predicted molar refractivity (Wildman–Crippen MR) is 154 cm³/mol. The van der Waals surface area contributed by atoms with Crippen LogP contribution in [0.15, 0.2) is 94.1 Å². The first-order valence-electron chi connectivity index (χ1n) is 12.3. The van der Waals surface area contributed by atoms with E-state index in [1.807, 2.05) is 48.5 Å². The molecule has 5 aromatic rings. The van der Waals surface area contributed by atoms with Crippen LogP contribution in [0.2, 0.25) is 0 Å². The Labute approximate surface area is 229 Å². The number of carbonyl (C=O) groups excluding carboxylic acids is 1. The number of allylic oxidation sites excluding steroid dienone is 1. The first-order valence-corrected chi connectivity index (χ1v) is 12.3. The Morgan fingerprint density at radius 1 is 1.20 bits per heavy atom. The van der Waals surface area contributed by atoms with Crippen LogP contribution < -0.4 is 16.6 Å². The fourth-order valence-corrected chi connectivity index (χ4v) is 4.42. The summed E-state index contributed by atoms with van der Waals surface area (Å²) in [7, 11) is 1.64.